The zero-order valence-corrected chi connectivity index (χ0v) is 43.4. The van der Waals surface area contributed by atoms with Crippen LogP contribution in [-0.2, 0) is 28.6 Å². The molecule has 0 aromatic carbocycles. The molecule has 0 radical (unpaired) electrons. The van der Waals surface area contributed by atoms with Crippen molar-refractivity contribution in [3.8, 4) is 0 Å². The summed E-state index contributed by atoms with van der Waals surface area (Å²) in [7, 11) is 0. The number of thioether (sulfide) groups is 3. The number of nitrogens with zero attached hydrogens (tertiary/aromatic N) is 3. The van der Waals surface area contributed by atoms with E-state index in [9.17, 15) is 14.4 Å². The first-order valence-electron chi connectivity index (χ1n) is 24.5. The Kier molecular flexibility index (Phi) is 43.0. The van der Waals surface area contributed by atoms with Gasteiger partial charge in [-0.2, -0.15) is 40.4 Å². The maximum absolute atomic E-state index is 13.0. The average molecular weight is 955 g/mol. The Labute approximate surface area is 397 Å². The summed E-state index contributed by atoms with van der Waals surface area (Å²) < 4.78 is 17.4. The highest BCUT2D eigenvalue weighted by Gasteiger charge is 2.34. The number of hydrogen-bond donors (Lipinski definition) is 6. The first-order valence-corrected chi connectivity index (χ1v) is 28.0. The maximum atomic E-state index is 13.0. The molecule has 0 aliphatic heterocycles. The van der Waals surface area contributed by atoms with Crippen LogP contribution in [0.15, 0.2) is 0 Å². The minimum Gasteiger partial charge on any atom is -0.465 e. The van der Waals surface area contributed by atoms with Crippen LogP contribution in [0.3, 0.4) is 0 Å². The minimum atomic E-state index is -0.858. The van der Waals surface area contributed by atoms with Gasteiger partial charge < -0.3 is 25.7 Å². The Morgan fingerprint density at radius 3 is 1.14 bits per heavy atom. The Bertz CT molecular complexity index is 1030. The molecule has 63 heavy (non-hydrogen) atoms. The highest BCUT2D eigenvalue weighted by Crippen LogP contribution is 2.25. The molecule has 0 aliphatic rings. The van der Waals surface area contributed by atoms with Gasteiger partial charge in [0, 0.05) is 80.3 Å². The molecule has 2 unspecified atom stereocenters. The van der Waals surface area contributed by atoms with Crippen LogP contribution >= 0.6 is 35.3 Å². The molecule has 0 bridgehead atoms. The summed E-state index contributed by atoms with van der Waals surface area (Å²) in [5.41, 5.74) is 25.8. The number of rotatable bonds is 47. The zero-order valence-electron chi connectivity index (χ0n) is 41.0. The molecule has 0 aliphatic carbocycles. The molecule has 15 nitrogen and oxygen atoms in total. The number of ether oxygens (including phenoxy) is 3. The molecule has 0 fully saturated rings. The van der Waals surface area contributed by atoms with Crippen LogP contribution < -0.4 is 33.2 Å². The van der Waals surface area contributed by atoms with Crippen LogP contribution in [0.4, 0.5) is 0 Å². The summed E-state index contributed by atoms with van der Waals surface area (Å²) in [5, 5.41) is 6.32. The van der Waals surface area contributed by atoms with Gasteiger partial charge in [0.25, 0.3) is 0 Å². The topological polar surface area (TPSA) is 189 Å². The summed E-state index contributed by atoms with van der Waals surface area (Å²) in [6.45, 7) is 20.9. The Morgan fingerprint density at radius 2 is 0.825 bits per heavy atom. The van der Waals surface area contributed by atoms with E-state index in [2.05, 4.69) is 78.4 Å². The third-order valence-corrected chi connectivity index (χ3v) is 13.4. The smallest absolute Gasteiger partial charge is 0.306 e. The van der Waals surface area contributed by atoms with Gasteiger partial charge in [-0.3, -0.25) is 25.2 Å². The summed E-state index contributed by atoms with van der Waals surface area (Å²) in [5.74, 6) is 3.39. The second-order valence-corrected chi connectivity index (χ2v) is 19.9. The van der Waals surface area contributed by atoms with E-state index in [4.69, 9.17) is 25.7 Å². The number of carbonyl (C=O) groups excluding carboxylic acids is 3. The van der Waals surface area contributed by atoms with E-state index in [0.717, 1.165) is 140 Å². The van der Waals surface area contributed by atoms with Gasteiger partial charge in [-0.1, -0.05) is 87.0 Å². The fraction of sp³-hybridized carbons (Fsp3) is 0.933. The van der Waals surface area contributed by atoms with Gasteiger partial charge in [0.1, 0.15) is 19.8 Å². The molecule has 0 amide bonds. The lowest BCUT2D eigenvalue weighted by molar-refractivity contribution is -0.161. The van der Waals surface area contributed by atoms with Gasteiger partial charge in [-0.25, -0.2) is 20.9 Å². The van der Waals surface area contributed by atoms with Crippen LogP contribution in [0.25, 0.3) is 0 Å². The van der Waals surface area contributed by atoms with Crippen LogP contribution in [0.5, 0.6) is 0 Å². The predicted octanol–water partition coefficient (Wildman–Crippen LogP) is 6.68. The van der Waals surface area contributed by atoms with Crippen molar-refractivity contribution in [1.82, 2.24) is 36.8 Å². The van der Waals surface area contributed by atoms with Crippen molar-refractivity contribution in [3.63, 3.8) is 0 Å². The second kappa shape index (κ2) is 43.7. The van der Waals surface area contributed by atoms with Crippen molar-refractivity contribution < 1.29 is 28.6 Å². The maximum Gasteiger partial charge on any atom is 0.306 e. The van der Waals surface area contributed by atoms with Gasteiger partial charge in [0.15, 0.2) is 0 Å². The number of hydrogen-bond acceptors (Lipinski definition) is 18. The third kappa shape index (κ3) is 35.0. The molecule has 2 atom stereocenters. The highest BCUT2D eigenvalue weighted by molar-refractivity contribution is 7.99. The highest BCUT2D eigenvalue weighted by atomic mass is 32.2. The number of hydrazine groups is 4. The Balaban J connectivity index is 5.26. The lowest BCUT2D eigenvalue weighted by Gasteiger charge is -2.31. The summed E-state index contributed by atoms with van der Waals surface area (Å²) >= 11 is 5.09. The lowest BCUT2D eigenvalue weighted by Crippen LogP contribution is -2.51. The standard InChI is InChI=1S/C45H95N9O6S3/c1-8-15-24-48-52(40(46)19-12-5)28-34-61-31-21-42(55)58-37-45(14-7,38-59-43(56)22-32-62-35-29-53(41(47)20-13-6)49-25-16-9-2)39-60-44(57)23-33-63-36-30-54(50-26-17-10-3)51-27-18-11-4/h40-41,48-51H,8-39,46-47H2,1-7H3. The summed E-state index contributed by atoms with van der Waals surface area (Å²) in [6.07, 6.45) is 13.9. The largest absolute Gasteiger partial charge is 0.465 e. The molecule has 0 saturated carbocycles. The molecule has 374 valence electrons. The average Bonchev–Trinajstić information content (AvgIpc) is 3.27. The van der Waals surface area contributed by atoms with Gasteiger partial charge in [0.05, 0.1) is 37.0 Å². The molecule has 0 heterocycles. The van der Waals surface area contributed by atoms with Gasteiger partial charge >= 0.3 is 17.9 Å². The van der Waals surface area contributed by atoms with E-state index >= 15 is 0 Å². The minimum absolute atomic E-state index is 0.00863. The third-order valence-electron chi connectivity index (χ3n) is 10.5. The molecule has 0 rings (SSSR count). The number of esters is 3. The van der Waals surface area contributed by atoms with Crippen LogP contribution in [0.2, 0.25) is 0 Å². The van der Waals surface area contributed by atoms with Crippen molar-refractivity contribution >= 4 is 53.2 Å². The van der Waals surface area contributed by atoms with Crippen molar-refractivity contribution in [2.45, 2.75) is 164 Å². The predicted molar refractivity (Wildman–Crippen MR) is 269 cm³/mol. The van der Waals surface area contributed by atoms with Crippen molar-refractivity contribution in [2.75, 3.05) is 100 Å². The first-order chi connectivity index (χ1) is 30.5. The number of unbranched alkanes of at least 4 members (excludes halogenated alkanes) is 4. The molecule has 18 heteroatoms. The van der Waals surface area contributed by atoms with E-state index < -0.39 is 5.41 Å². The molecule has 0 spiro atoms. The summed E-state index contributed by atoms with van der Waals surface area (Å²) in [6, 6.07) is 0. The monoisotopic (exact) mass is 954 g/mol. The van der Waals surface area contributed by atoms with E-state index in [0.29, 0.717) is 23.7 Å². The molecule has 0 aromatic rings. The van der Waals surface area contributed by atoms with E-state index in [-0.39, 0.29) is 69.3 Å². The molecule has 8 N–H and O–H groups in total. The first kappa shape index (κ1) is 62.1. The molecule has 0 saturated heterocycles. The number of nitrogens with one attached hydrogen (secondary N) is 4. The van der Waals surface area contributed by atoms with Crippen molar-refractivity contribution in [3.05, 3.63) is 0 Å². The lowest BCUT2D eigenvalue weighted by atomic mass is 9.88. The van der Waals surface area contributed by atoms with Crippen LogP contribution in [0, 0.1) is 5.41 Å². The normalized spacial score (nSPS) is 13.7. The van der Waals surface area contributed by atoms with Crippen molar-refractivity contribution in [2.24, 2.45) is 16.9 Å². The SMILES string of the molecule is CCCCNN(CCSCCC(=O)OCC(CC)(COC(=O)CCSCCN(NCCCC)C(N)CCC)COC(=O)CCSCCN(NCCCC)C(N)CCC)NCCCC. The number of nitrogens with two attached hydrogens (primary N) is 2. The Hall–Kier alpha value is -0.900. The van der Waals surface area contributed by atoms with Gasteiger partial charge in [-0.15, -0.1) is 0 Å². The number of carbonyl (C=O) groups is 3. The van der Waals surface area contributed by atoms with Crippen LogP contribution in [0.1, 0.15) is 151 Å². The Morgan fingerprint density at radius 1 is 0.492 bits per heavy atom. The fourth-order valence-corrected chi connectivity index (χ4v) is 8.53. The zero-order chi connectivity index (χ0) is 46.8. The second-order valence-electron chi connectivity index (χ2n) is 16.2. The summed E-state index contributed by atoms with van der Waals surface area (Å²) in [4.78, 5) is 39.1. The molecule has 0 aromatic heterocycles. The van der Waals surface area contributed by atoms with E-state index in [1.54, 1.807) is 35.3 Å². The van der Waals surface area contributed by atoms with E-state index in [1.807, 2.05) is 6.92 Å². The quantitative estimate of drug-likeness (QED) is 0.0125. The molecular formula is C45H95N9O6S3. The van der Waals surface area contributed by atoms with Gasteiger partial charge in [-0.05, 0) is 44.9 Å². The van der Waals surface area contributed by atoms with E-state index in [1.165, 1.54) is 0 Å². The fourth-order valence-electron chi connectivity index (χ4n) is 6.02. The van der Waals surface area contributed by atoms with Crippen LogP contribution in [-0.4, -0.2) is 146 Å². The molecular weight excluding hydrogens is 859 g/mol. The van der Waals surface area contributed by atoms with Crippen molar-refractivity contribution in [1.29, 1.82) is 0 Å². The van der Waals surface area contributed by atoms with Gasteiger partial charge in [0.2, 0.25) is 0 Å².